The SMILES string of the molecule is CC(Cl)S(=O)(=O)c1cc(-c2ccccc2)ccc1CC(=O)O. The summed E-state index contributed by atoms with van der Waals surface area (Å²) in [6.45, 7) is 1.36. The zero-order chi connectivity index (χ0) is 16.3. The van der Waals surface area contributed by atoms with Crippen LogP contribution in [0.25, 0.3) is 11.1 Å². The third-order valence-corrected chi connectivity index (χ3v) is 5.80. The fourth-order valence-electron chi connectivity index (χ4n) is 2.11. The number of aliphatic carboxylic acids is 1. The quantitative estimate of drug-likeness (QED) is 0.849. The molecule has 0 fully saturated rings. The molecule has 22 heavy (non-hydrogen) atoms. The molecule has 0 aliphatic rings. The summed E-state index contributed by atoms with van der Waals surface area (Å²) < 4.78 is 23.7. The molecule has 116 valence electrons. The van der Waals surface area contributed by atoms with E-state index in [0.29, 0.717) is 5.56 Å². The van der Waals surface area contributed by atoms with Crippen molar-refractivity contribution in [2.24, 2.45) is 0 Å². The van der Waals surface area contributed by atoms with Crippen LogP contribution in [0.1, 0.15) is 12.5 Å². The Morgan fingerprint density at radius 2 is 1.77 bits per heavy atom. The Bertz CT molecular complexity index is 783. The van der Waals surface area contributed by atoms with Gasteiger partial charge in [-0.3, -0.25) is 4.79 Å². The molecule has 2 aromatic carbocycles. The van der Waals surface area contributed by atoms with Gasteiger partial charge in [-0.1, -0.05) is 42.5 Å². The Kier molecular flexibility index (Phi) is 4.88. The lowest BCUT2D eigenvalue weighted by Gasteiger charge is -2.13. The third-order valence-electron chi connectivity index (χ3n) is 3.25. The fourth-order valence-corrected chi connectivity index (χ4v) is 3.55. The number of carboxylic acids is 1. The summed E-state index contributed by atoms with van der Waals surface area (Å²) >= 11 is 5.78. The first kappa shape index (κ1) is 16.5. The lowest BCUT2D eigenvalue weighted by atomic mass is 10.0. The molecule has 1 N–H and O–H groups in total. The molecule has 2 rings (SSSR count). The van der Waals surface area contributed by atoms with E-state index in [1.807, 2.05) is 30.3 Å². The number of benzene rings is 2. The van der Waals surface area contributed by atoms with Crippen LogP contribution in [0.15, 0.2) is 53.4 Å². The maximum absolute atomic E-state index is 12.4. The van der Waals surface area contributed by atoms with Crippen LogP contribution in [0, 0.1) is 0 Å². The van der Waals surface area contributed by atoms with Crippen molar-refractivity contribution in [1.29, 1.82) is 0 Å². The predicted molar refractivity (Wildman–Crippen MR) is 85.7 cm³/mol. The van der Waals surface area contributed by atoms with E-state index in [4.69, 9.17) is 16.7 Å². The Morgan fingerprint density at radius 1 is 1.14 bits per heavy atom. The Labute approximate surface area is 134 Å². The van der Waals surface area contributed by atoms with Crippen molar-refractivity contribution >= 4 is 27.4 Å². The van der Waals surface area contributed by atoms with E-state index < -0.39 is 20.5 Å². The summed E-state index contributed by atoms with van der Waals surface area (Å²) in [5.74, 6) is -1.09. The van der Waals surface area contributed by atoms with Gasteiger partial charge in [0.05, 0.1) is 11.3 Å². The van der Waals surface area contributed by atoms with Crippen molar-refractivity contribution in [2.45, 2.75) is 22.9 Å². The van der Waals surface area contributed by atoms with E-state index in [1.165, 1.54) is 19.1 Å². The van der Waals surface area contributed by atoms with Gasteiger partial charge in [0, 0.05) is 0 Å². The third kappa shape index (κ3) is 3.48. The molecule has 2 aromatic rings. The average molecular weight is 339 g/mol. The standard InChI is InChI=1S/C16H15ClO4S/c1-11(17)22(20,21)15-9-13(12-5-3-2-4-6-12)7-8-14(15)10-16(18)19/h2-9,11H,10H2,1H3,(H,18,19). The zero-order valence-electron chi connectivity index (χ0n) is 11.9. The largest absolute Gasteiger partial charge is 0.481 e. The number of alkyl halides is 1. The van der Waals surface area contributed by atoms with E-state index >= 15 is 0 Å². The van der Waals surface area contributed by atoms with Crippen molar-refractivity contribution in [1.82, 2.24) is 0 Å². The van der Waals surface area contributed by atoms with Crippen LogP contribution in [0.4, 0.5) is 0 Å². The molecule has 0 radical (unpaired) electrons. The molecule has 0 aromatic heterocycles. The van der Waals surface area contributed by atoms with E-state index in [0.717, 1.165) is 5.56 Å². The number of hydrogen-bond donors (Lipinski definition) is 1. The number of halogens is 1. The Morgan fingerprint density at radius 3 is 2.32 bits per heavy atom. The minimum Gasteiger partial charge on any atom is -0.481 e. The number of carbonyl (C=O) groups is 1. The van der Waals surface area contributed by atoms with Gasteiger partial charge in [-0.15, -0.1) is 11.6 Å². The maximum Gasteiger partial charge on any atom is 0.307 e. The highest BCUT2D eigenvalue weighted by Gasteiger charge is 2.25. The topological polar surface area (TPSA) is 71.4 Å². The molecule has 1 atom stereocenters. The lowest BCUT2D eigenvalue weighted by molar-refractivity contribution is -0.136. The van der Waals surface area contributed by atoms with Crippen molar-refractivity contribution in [2.75, 3.05) is 0 Å². The maximum atomic E-state index is 12.4. The number of rotatable bonds is 5. The van der Waals surface area contributed by atoms with Crippen LogP contribution in [0.2, 0.25) is 0 Å². The van der Waals surface area contributed by atoms with Crippen LogP contribution in [0.5, 0.6) is 0 Å². The monoisotopic (exact) mass is 338 g/mol. The van der Waals surface area contributed by atoms with Gasteiger partial charge in [-0.2, -0.15) is 0 Å². The van der Waals surface area contributed by atoms with Gasteiger partial charge >= 0.3 is 5.97 Å². The summed E-state index contributed by atoms with van der Waals surface area (Å²) in [5, 5.41) is 8.95. The molecule has 0 aliphatic heterocycles. The van der Waals surface area contributed by atoms with E-state index in [1.54, 1.807) is 6.07 Å². The summed E-state index contributed by atoms with van der Waals surface area (Å²) in [7, 11) is -3.78. The van der Waals surface area contributed by atoms with Crippen molar-refractivity contribution < 1.29 is 18.3 Å². The fraction of sp³-hybridized carbons (Fsp3) is 0.188. The van der Waals surface area contributed by atoms with E-state index in [-0.39, 0.29) is 16.9 Å². The number of carboxylic acid groups (broad SMARTS) is 1. The molecule has 6 heteroatoms. The Balaban J connectivity index is 2.63. The second kappa shape index (κ2) is 6.50. The Hall–Kier alpha value is -1.85. The van der Waals surface area contributed by atoms with Gasteiger partial charge in [-0.25, -0.2) is 8.42 Å². The molecule has 4 nitrogen and oxygen atoms in total. The van der Waals surface area contributed by atoms with Gasteiger partial charge in [0.15, 0.2) is 9.84 Å². The lowest BCUT2D eigenvalue weighted by Crippen LogP contribution is -2.15. The summed E-state index contributed by atoms with van der Waals surface area (Å²) in [6, 6.07) is 14.0. The van der Waals surface area contributed by atoms with Crippen molar-refractivity contribution in [3.05, 3.63) is 54.1 Å². The highest BCUT2D eigenvalue weighted by atomic mass is 35.5. The van der Waals surface area contributed by atoms with E-state index in [9.17, 15) is 13.2 Å². The molecule has 0 heterocycles. The van der Waals surface area contributed by atoms with Gasteiger partial charge in [-0.05, 0) is 29.7 Å². The zero-order valence-corrected chi connectivity index (χ0v) is 13.4. The summed E-state index contributed by atoms with van der Waals surface area (Å²) in [5.41, 5.74) is 1.79. The average Bonchev–Trinajstić information content (AvgIpc) is 2.47. The summed E-state index contributed by atoms with van der Waals surface area (Å²) in [4.78, 5) is 10.9. The predicted octanol–water partition coefficient (Wildman–Crippen LogP) is 3.34. The van der Waals surface area contributed by atoms with Gasteiger partial charge in [0.1, 0.15) is 4.71 Å². The first-order valence-corrected chi connectivity index (χ1v) is 8.59. The molecule has 0 amide bonds. The molecule has 1 unspecified atom stereocenters. The van der Waals surface area contributed by atoms with Crippen LogP contribution in [-0.4, -0.2) is 24.2 Å². The molecule has 0 spiro atoms. The number of sulfone groups is 1. The normalized spacial score (nSPS) is 12.8. The minimum atomic E-state index is -3.78. The van der Waals surface area contributed by atoms with Crippen LogP contribution in [0.3, 0.4) is 0 Å². The van der Waals surface area contributed by atoms with Gasteiger partial charge < -0.3 is 5.11 Å². The molecule has 0 saturated carbocycles. The first-order chi connectivity index (χ1) is 10.3. The molecular weight excluding hydrogens is 324 g/mol. The van der Waals surface area contributed by atoms with Crippen LogP contribution in [-0.2, 0) is 21.1 Å². The van der Waals surface area contributed by atoms with Crippen molar-refractivity contribution in [3.8, 4) is 11.1 Å². The molecule has 0 aliphatic carbocycles. The molecule has 0 bridgehead atoms. The van der Waals surface area contributed by atoms with E-state index in [2.05, 4.69) is 0 Å². The molecule has 0 saturated heterocycles. The second-order valence-corrected chi connectivity index (χ2v) is 8.00. The highest BCUT2D eigenvalue weighted by molar-refractivity contribution is 7.93. The van der Waals surface area contributed by atoms with Gasteiger partial charge in [0.2, 0.25) is 0 Å². The second-order valence-electron chi connectivity index (χ2n) is 4.85. The van der Waals surface area contributed by atoms with Crippen LogP contribution >= 0.6 is 11.6 Å². The summed E-state index contributed by atoms with van der Waals surface area (Å²) in [6.07, 6.45) is -0.368. The first-order valence-electron chi connectivity index (χ1n) is 6.60. The van der Waals surface area contributed by atoms with Crippen molar-refractivity contribution in [3.63, 3.8) is 0 Å². The minimum absolute atomic E-state index is 0.0289. The highest BCUT2D eigenvalue weighted by Crippen LogP contribution is 2.29. The number of hydrogen-bond acceptors (Lipinski definition) is 3. The smallest absolute Gasteiger partial charge is 0.307 e. The van der Waals surface area contributed by atoms with Gasteiger partial charge in [0.25, 0.3) is 0 Å². The van der Waals surface area contributed by atoms with Crippen LogP contribution < -0.4 is 0 Å². The molecular formula is C16H15ClO4S.